The van der Waals surface area contributed by atoms with E-state index < -0.39 is 0 Å². The highest BCUT2D eigenvalue weighted by Gasteiger charge is 1.61. The summed E-state index contributed by atoms with van der Waals surface area (Å²) in [6.07, 6.45) is 3.62. The predicted molar refractivity (Wildman–Crippen MR) is 30.9 cm³/mol. The molecule has 0 spiro atoms. The number of nitrogens with zero attached hydrogens (tertiary/aromatic N) is 1. The molecule has 3 heteroatoms. The van der Waals surface area contributed by atoms with Gasteiger partial charge in [-0.25, -0.2) is 0 Å². The van der Waals surface area contributed by atoms with Crippen LogP contribution in [0.15, 0.2) is 4.99 Å². The second kappa shape index (κ2) is 5.01. The maximum atomic E-state index is 6.47. The van der Waals surface area contributed by atoms with Gasteiger partial charge in [-0.3, -0.25) is 4.99 Å². The molecule has 0 aromatic carbocycles. The van der Waals surface area contributed by atoms with Crippen molar-refractivity contribution in [2.75, 3.05) is 6.54 Å². The van der Waals surface area contributed by atoms with E-state index >= 15 is 0 Å². The van der Waals surface area contributed by atoms with Crippen molar-refractivity contribution in [3.8, 4) is 0 Å². The Kier molecular flexibility index (Phi) is 4.30. The summed E-state index contributed by atoms with van der Waals surface area (Å²) in [4.78, 5) is 3.60. The van der Waals surface area contributed by atoms with Crippen LogP contribution < -0.4 is 0 Å². The van der Waals surface area contributed by atoms with E-state index in [2.05, 4.69) is 4.99 Å². The molecule has 0 aromatic heterocycles. The topological polar surface area (TPSA) is 60.1 Å². The van der Waals surface area contributed by atoms with Crippen molar-refractivity contribution in [3.63, 3.8) is 0 Å². The van der Waals surface area contributed by atoms with Crippen molar-refractivity contribution in [2.24, 2.45) is 4.99 Å². The van der Waals surface area contributed by atoms with E-state index in [9.17, 15) is 0 Å². The Morgan fingerprint density at radius 2 is 2.14 bits per heavy atom. The van der Waals surface area contributed by atoms with Gasteiger partial charge in [0.05, 0.1) is 6.54 Å². The fraction of sp³-hybridized carbons (Fsp3) is 0.250. The number of nitrogens with one attached hydrogen (secondary N) is 2. The van der Waals surface area contributed by atoms with Crippen LogP contribution in [0.4, 0.5) is 0 Å². The van der Waals surface area contributed by atoms with Gasteiger partial charge in [0.2, 0.25) is 0 Å². The molecule has 0 aliphatic rings. The maximum Gasteiger partial charge on any atom is 0.0735 e. The summed E-state index contributed by atoms with van der Waals surface area (Å²) < 4.78 is 0. The molecule has 3 nitrogen and oxygen atoms in total. The molecule has 2 N–H and O–H groups in total. The standard InChI is InChI=1S/C4H7N3/c5-1-3-7-4-2-6/h1-3,5-6H,4H2/b5-1?,6-2?,7-3+. The van der Waals surface area contributed by atoms with Gasteiger partial charge in [0.1, 0.15) is 0 Å². The Labute approximate surface area is 42.1 Å². The fourth-order valence-corrected chi connectivity index (χ4v) is 0.166. The van der Waals surface area contributed by atoms with Crippen LogP contribution in [-0.4, -0.2) is 25.2 Å². The lowest BCUT2D eigenvalue weighted by Crippen LogP contribution is -1.79. The van der Waals surface area contributed by atoms with Gasteiger partial charge in [-0.05, 0) is 0 Å². The molecular weight excluding hydrogens is 90.1 g/mol. The van der Waals surface area contributed by atoms with Crippen molar-refractivity contribution in [2.45, 2.75) is 0 Å². The molecule has 7 heavy (non-hydrogen) atoms. The first-order chi connectivity index (χ1) is 3.41. The Morgan fingerprint density at radius 1 is 1.43 bits per heavy atom. The summed E-state index contributed by atoms with van der Waals surface area (Å²) in [5.41, 5.74) is 0. The second-order valence-electron chi connectivity index (χ2n) is 0.885. The normalized spacial score (nSPS) is 9.14. The van der Waals surface area contributed by atoms with Crippen LogP contribution in [0.1, 0.15) is 0 Å². The molecule has 0 aliphatic carbocycles. The van der Waals surface area contributed by atoms with Gasteiger partial charge < -0.3 is 10.8 Å². The predicted octanol–water partition coefficient (Wildman–Crippen LogP) is 0.356. The van der Waals surface area contributed by atoms with Crippen LogP contribution in [-0.2, 0) is 0 Å². The van der Waals surface area contributed by atoms with E-state index in [0.29, 0.717) is 6.54 Å². The van der Waals surface area contributed by atoms with Crippen LogP contribution in [0.5, 0.6) is 0 Å². The summed E-state index contributed by atoms with van der Waals surface area (Å²) in [6, 6.07) is 0. The molecule has 0 aromatic rings. The minimum absolute atomic E-state index is 0.384. The molecule has 0 unspecified atom stereocenters. The van der Waals surface area contributed by atoms with E-state index in [1.165, 1.54) is 12.4 Å². The molecular formula is C4H7N3. The van der Waals surface area contributed by atoms with Gasteiger partial charge in [-0.2, -0.15) is 0 Å². The molecule has 0 fully saturated rings. The third-order valence-electron chi connectivity index (χ3n) is 0.377. The smallest absolute Gasteiger partial charge is 0.0735 e. The van der Waals surface area contributed by atoms with Crippen molar-refractivity contribution < 1.29 is 0 Å². The second-order valence-corrected chi connectivity index (χ2v) is 0.885. The van der Waals surface area contributed by atoms with Crippen molar-refractivity contribution in [1.82, 2.24) is 0 Å². The molecule has 0 heterocycles. The van der Waals surface area contributed by atoms with E-state index in [1.54, 1.807) is 0 Å². The number of hydrogen-bond donors (Lipinski definition) is 2. The largest absolute Gasteiger partial charge is 0.311 e. The van der Waals surface area contributed by atoms with Crippen molar-refractivity contribution in [3.05, 3.63) is 0 Å². The molecule has 0 amide bonds. The molecule has 0 saturated carbocycles. The van der Waals surface area contributed by atoms with E-state index in [-0.39, 0.29) is 0 Å². The Morgan fingerprint density at radius 3 is 2.57 bits per heavy atom. The van der Waals surface area contributed by atoms with Crippen LogP contribution >= 0.6 is 0 Å². The first-order valence-corrected chi connectivity index (χ1v) is 1.89. The average molecular weight is 97.1 g/mol. The highest BCUT2D eigenvalue weighted by atomic mass is 14.7. The Hall–Kier alpha value is -0.990. The fourth-order valence-electron chi connectivity index (χ4n) is 0.166. The minimum atomic E-state index is 0.384. The summed E-state index contributed by atoms with van der Waals surface area (Å²) >= 11 is 0. The zero-order valence-electron chi connectivity index (χ0n) is 3.89. The third kappa shape index (κ3) is 5.01. The van der Waals surface area contributed by atoms with Gasteiger partial charge >= 0.3 is 0 Å². The Bertz CT molecular complexity index is 84.9. The summed E-state index contributed by atoms with van der Waals surface area (Å²) in [5.74, 6) is 0. The van der Waals surface area contributed by atoms with Gasteiger partial charge in [-0.15, -0.1) is 0 Å². The molecule has 0 bridgehead atoms. The lowest BCUT2D eigenvalue weighted by Gasteiger charge is -1.71. The number of hydrogen-bond acceptors (Lipinski definition) is 3. The van der Waals surface area contributed by atoms with Gasteiger partial charge in [0, 0.05) is 18.6 Å². The lowest BCUT2D eigenvalue weighted by atomic mass is 10.7. The molecule has 0 atom stereocenters. The van der Waals surface area contributed by atoms with Crippen LogP contribution in [0.2, 0.25) is 0 Å². The SMILES string of the molecule is N=C/C=N/CC=N. The molecule has 0 radical (unpaired) electrons. The number of aliphatic imine (C=N–C) groups is 1. The summed E-state index contributed by atoms with van der Waals surface area (Å²) in [7, 11) is 0. The first-order valence-electron chi connectivity index (χ1n) is 1.89. The summed E-state index contributed by atoms with van der Waals surface area (Å²) in [5, 5.41) is 12.9. The summed E-state index contributed by atoms with van der Waals surface area (Å²) in [6.45, 7) is 0.384. The molecule has 0 saturated heterocycles. The monoisotopic (exact) mass is 97.1 g/mol. The molecule has 0 aliphatic heterocycles. The van der Waals surface area contributed by atoms with Crippen LogP contribution in [0.3, 0.4) is 0 Å². The highest BCUT2D eigenvalue weighted by molar-refractivity contribution is 6.14. The van der Waals surface area contributed by atoms with Crippen molar-refractivity contribution in [1.29, 1.82) is 10.8 Å². The van der Waals surface area contributed by atoms with Crippen molar-refractivity contribution >= 4 is 18.6 Å². The van der Waals surface area contributed by atoms with E-state index in [0.717, 1.165) is 6.21 Å². The zero-order chi connectivity index (χ0) is 5.54. The maximum absolute atomic E-state index is 6.47. The van der Waals surface area contributed by atoms with Crippen LogP contribution in [0.25, 0.3) is 0 Å². The quantitative estimate of drug-likeness (QED) is 0.477. The van der Waals surface area contributed by atoms with Crippen LogP contribution in [0, 0.1) is 10.8 Å². The number of rotatable bonds is 3. The van der Waals surface area contributed by atoms with Gasteiger partial charge in [0.15, 0.2) is 0 Å². The molecule has 38 valence electrons. The van der Waals surface area contributed by atoms with E-state index in [1.807, 2.05) is 0 Å². The van der Waals surface area contributed by atoms with Gasteiger partial charge in [-0.1, -0.05) is 0 Å². The zero-order valence-corrected chi connectivity index (χ0v) is 3.89. The third-order valence-corrected chi connectivity index (χ3v) is 0.377. The minimum Gasteiger partial charge on any atom is -0.311 e. The Balaban J connectivity index is 3.08. The van der Waals surface area contributed by atoms with Gasteiger partial charge in [0.25, 0.3) is 0 Å². The first kappa shape index (κ1) is 6.01. The van der Waals surface area contributed by atoms with E-state index in [4.69, 9.17) is 10.8 Å². The molecule has 0 rings (SSSR count). The highest BCUT2D eigenvalue weighted by Crippen LogP contribution is 1.55. The lowest BCUT2D eigenvalue weighted by molar-refractivity contribution is 1.32. The average Bonchev–Trinajstić information content (AvgIpc) is 1.69.